The second-order valence-corrected chi connectivity index (χ2v) is 4.82. The fraction of sp³-hybridized carbons (Fsp3) is 0.500. The van der Waals surface area contributed by atoms with Crippen LogP contribution in [0.1, 0.15) is 13.8 Å². The van der Waals surface area contributed by atoms with Gasteiger partial charge in [0.1, 0.15) is 0 Å². The van der Waals surface area contributed by atoms with Crippen molar-refractivity contribution in [1.82, 2.24) is 0 Å². The number of carbonyl (C=O) groups is 1. The molecule has 5 heteroatoms. The van der Waals surface area contributed by atoms with Gasteiger partial charge in [0.15, 0.2) is 0 Å². The maximum absolute atomic E-state index is 10.9. The Morgan fingerprint density at radius 2 is 1.73 bits per heavy atom. The molecule has 0 rings (SSSR count). The van der Waals surface area contributed by atoms with Crippen molar-refractivity contribution in [3.63, 3.8) is 0 Å². The Labute approximate surface area is 65.0 Å². The van der Waals surface area contributed by atoms with Crippen LogP contribution in [0.5, 0.6) is 0 Å². The molecule has 1 unspecified atom stereocenters. The van der Waals surface area contributed by atoms with Gasteiger partial charge in [-0.3, -0.25) is 4.57 Å². The van der Waals surface area contributed by atoms with E-state index in [2.05, 4.69) is 0 Å². The molecular weight excluding hydrogens is 167 g/mol. The number of rotatable bonds is 2. The average molecular weight is 178 g/mol. The first kappa shape index (κ1) is 10.4. The van der Waals surface area contributed by atoms with Gasteiger partial charge in [-0.1, -0.05) is 0 Å². The topological polar surface area (TPSA) is 74.6 Å². The molecule has 0 amide bonds. The molecule has 64 valence electrons. The average Bonchev–Trinajstić information content (AvgIpc) is 1.82. The highest BCUT2D eigenvalue weighted by molar-refractivity contribution is 7.61. The Hall–Kier alpha value is -0.600. The quantitative estimate of drug-likeness (QED) is 0.493. The fourth-order valence-electron chi connectivity index (χ4n) is 0.466. The summed E-state index contributed by atoms with van der Waals surface area (Å²) in [6, 6.07) is 0. The Bertz CT molecular complexity index is 247. The number of hydrogen-bond donors (Lipinski definition) is 2. The first-order valence-corrected chi connectivity index (χ1v) is 5.09. The third-order valence-electron chi connectivity index (χ3n) is 1.49. The largest absolute Gasteiger partial charge is 0.478 e. The number of aliphatic carboxylic acids is 1. The summed E-state index contributed by atoms with van der Waals surface area (Å²) in [5.41, 5.74) is -0.0571. The van der Waals surface area contributed by atoms with Crippen LogP contribution in [0.25, 0.3) is 0 Å². The first-order valence-electron chi connectivity index (χ1n) is 2.98. The number of carboxylic acid groups (broad SMARTS) is 1. The van der Waals surface area contributed by atoms with Crippen LogP contribution in [0.4, 0.5) is 0 Å². The summed E-state index contributed by atoms with van der Waals surface area (Å²) in [6.07, 6.45) is 0. The molecule has 0 saturated carbocycles. The molecule has 0 radical (unpaired) electrons. The maximum atomic E-state index is 10.9. The van der Waals surface area contributed by atoms with E-state index in [0.29, 0.717) is 0 Å². The van der Waals surface area contributed by atoms with E-state index in [1.165, 1.54) is 13.8 Å². The third kappa shape index (κ3) is 2.87. The third-order valence-corrected chi connectivity index (χ3v) is 3.07. The second-order valence-electron chi connectivity index (χ2n) is 2.39. The van der Waals surface area contributed by atoms with Crippen LogP contribution in [0, 0.1) is 0 Å². The molecule has 0 aliphatic heterocycles. The molecule has 0 aromatic rings. The van der Waals surface area contributed by atoms with E-state index >= 15 is 0 Å². The van der Waals surface area contributed by atoms with Crippen LogP contribution in [-0.2, 0) is 9.36 Å². The lowest BCUT2D eigenvalue weighted by Crippen LogP contribution is -1.99. The van der Waals surface area contributed by atoms with Crippen LogP contribution in [-0.4, -0.2) is 22.6 Å². The summed E-state index contributed by atoms with van der Waals surface area (Å²) in [4.78, 5) is 19.2. The van der Waals surface area contributed by atoms with E-state index in [1.54, 1.807) is 0 Å². The monoisotopic (exact) mass is 178 g/mol. The predicted molar refractivity (Wildman–Crippen MR) is 41.8 cm³/mol. The van der Waals surface area contributed by atoms with E-state index in [-0.39, 0.29) is 10.9 Å². The number of allylic oxidation sites excluding steroid dienone is 1. The van der Waals surface area contributed by atoms with E-state index in [1.807, 2.05) is 0 Å². The second kappa shape index (κ2) is 3.20. The SMILES string of the molecule is C/C(C(=O)O)=C(\C)P(C)(=O)O. The zero-order chi connectivity index (χ0) is 9.23. The van der Waals surface area contributed by atoms with Gasteiger partial charge in [-0.15, -0.1) is 0 Å². The van der Waals surface area contributed by atoms with Gasteiger partial charge >= 0.3 is 5.97 Å². The lowest BCUT2D eigenvalue weighted by atomic mass is 10.3. The lowest BCUT2D eigenvalue weighted by molar-refractivity contribution is -0.132. The smallest absolute Gasteiger partial charge is 0.331 e. The highest BCUT2D eigenvalue weighted by atomic mass is 31.2. The summed E-state index contributed by atoms with van der Waals surface area (Å²) in [5, 5.41) is 8.47. The maximum Gasteiger partial charge on any atom is 0.331 e. The van der Waals surface area contributed by atoms with Gasteiger partial charge < -0.3 is 10.00 Å². The number of carboxylic acids is 1. The van der Waals surface area contributed by atoms with Gasteiger partial charge in [-0.2, -0.15) is 0 Å². The number of hydrogen-bond acceptors (Lipinski definition) is 2. The summed E-state index contributed by atoms with van der Waals surface area (Å²) in [5.74, 6) is -1.15. The molecule has 0 saturated heterocycles. The predicted octanol–water partition coefficient (Wildman–Crippen LogP) is 1.27. The van der Waals surface area contributed by atoms with Crippen molar-refractivity contribution in [2.24, 2.45) is 0 Å². The van der Waals surface area contributed by atoms with Crippen molar-refractivity contribution in [3.8, 4) is 0 Å². The molecule has 0 aliphatic carbocycles. The molecule has 11 heavy (non-hydrogen) atoms. The standard InChI is InChI=1S/C6H11O4P/c1-4(6(7)8)5(2)11(3,9)10/h1-3H3,(H,7,8)(H,9,10)/b5-4-. The van der Waals surface area contributed by atoms with E-state index in [0.717, 1.165) is 6.66 Å². The Morgan fingerprint density at radius 1 is 1.36 bits per heavy atom. The van der Waals surface area contributed by atoms with E-state index in [9.17, 15) is 9.36 Å². The fourth-order valence-corrected chi connectivity index (χ4v) is 1.18. The normalized spacial score (nSPS) is 18.5. The van der Waals surface area contributed by atoms with Crippen LogP contribution >= 0.6 is 7.37 Å². The van der Waals surface area contributed by atoms with Gasteiger partial charge in [0.25, 0.3) is 0 Å². The molecule has 1 atom stereocenters. The highest BCUT2D eigenvalue weighted by Gasteiger charge is 2.18. The van der Waals surface area contributed by atoms with Gasteiger partial charge in [0, 0.05) is 17.6 Å². The first-order chi connectivity index (χ1) is 4.76. The summed E-state index contributed by atoms with van der Waals surface area (Å²) < 4.78 is 10.9. The van der Waals surface area contributed by atoms with Crippen molar-refractivity contribution in [1.29, 1.82) is 0 Å². The lowest BCUT2D eigenvalue weighted by Gasteiger charge is -2.06. The Balaban J connectivity index is 4.99. The van der Waals surface area contributed by atoms with Gasteiger partial charge in [0.05, 0.1) is 0 Å². The zero-order valence-corrected chi connectivity index (χ0v) is 7.55. The minimum absolute atomic E-state index is 0.0463. The molecule has 0 aromatic carbocycles. The van der Waals surface area contributed by atoms with Crippen molar-refractivity contribution >= 4 is 13.3 Å². The minimum atomic E-state index is -3.37. The van der Waals surface area contributed by atoms with Crippen molar-refractivity contribution in [3.05, 3.63) is 10.9 Å². The van der Waals surface area contributed by atoms with Gasteiger partial charge in [-0.25, -0.2) is 4.79 Å². The van der Waals surface area contributed by atoms with Crippen LogP contribution < -0.4 is 0 Å². The van der Waals surface area contributed by atoms with Crippen LogP contribution in [0.2, 0.25) is 0 Å². The summed E-state index contributed by atoms with van der Waals surface area (Å²) >= 11 is 0. The molecule has 0 aliphatic rings. The minimum Gasteiger partial charge on any atom is -0.478 e. The van der Waals surface area contributed by atoms with E-state index in [4.69, 9.17) is 10.00 Å². The van der Waals surface area contributed by atoms with Crippen molar-refractivity contribution in [2.45, 2.75) is 13.8 Å². The molecule has 0 bridgehead atoms. The molecule has 0 spiro atoms. The molecule has 4 nitrogen and oxygen atoms in total. The van der Waals surface area contributed by atoms with Gasteiger partial charge in [-0.05, 0) is 13.8 Å². The Morgan fingerprint density at radius 3 is 1.82 bits per heavy atom. The van der Waals surface area contributed by atoms with Crippen LogP contribution in [0.3, 0.4) is 0 Å². The molecule has 0 heterocycles. The molecule has 0 aromatic heterocycles. The highest BCUT2D eigenvalue weighted by Crippen LogP contribution is 2.46. The molecule has 0 fully saturated rings. The summed E-state index contributed by atoms with van der Waals surface area (Å²) in [6.45, 7) is 3.78. The van der Waals surface area contributed by atoms with Gasteiger partial charge in [0.2, 0.25) is 7.37 Å². The summed E-state index contributed by atoms with van der Waals surface area (Å²) in [7, 11) is -3.37. The zero-order valence-electron chi connectivity index (χ0n) is 6.66. The van der Waals surface area contributed by atoms with Crippen molar-refractivity contribution < 1.29 is 19.4 Å². The molecular formula is C6H11O4P. The molecule has 2 N–H and O–H groups in total. The van der Waals surface area contributed by atoms with Crippen LogP contribution in [0.15, 0.2) is 10.9 Å². The Kier molecular flexibility index (Phi) is 3.02. The van der Waals surface area contributed by atoms with Crippen molar-refractivity contribution in [2.75, 3.05) is 6.66 Å². The van der Waals surface area contributed by atoms with E-state index < -0.39 is 13.3 Å².